The number of benzene rings is 2. The average molecular weight is 492 g/mol. The molecule has 7 nitrogen and oxygen atoms in total. The molecule has 0 saturated heterocycles. The molecule has 2 rings (SSSR count). The SMILES string of the molecule is CC[C@H](C)NC(=O)[C@H](CC)N(Cc1ccccc1Cl)C(=O)CSCc1ccc([N+](=O)[O-])cc1. The van der Waals surface area contributed by atoms with Crippen LogP contribution in [0.25, 0.3) is 0 Å². The lowest BCUT2D eigenvalue weighted by molar-refractivity contribution is -0.384. The summed E-state index contributed by atoms with van der Waals surface area (Å²) < 4.78 is 0. The van der Waals surface area contributed by atoms with E-state index in [1.54, 1.807) is 23.1 Å². The number of carbonyl (C=O) groups is 2. The molecule has 0 radical (unpaired) electrons. The summed E-state index contributed by atoms with van der Waals surface area (Å²) in [4.78, 5) is 38.2. The molecule has 2 amide bonds. The minimum Gasteiger partial charge on any atom is -0.352 e. The van der Waals surface area contributed by atoms with Crippen molar-refractivity contribution in [3.63, 3.8) is 0 Å². The second-order valence-corrected chi connectivity index (χ2v) is 9.16. The van der Waals surface area contributed by atoms with Crippen molar-refractivity contribution in [1.82, 2.24) is 10.2 Å². The second-order valence-electron chi connectivity index (χ2n) is 7.77. The van der Waals surface area contributed by atoms with Crippen molar-refractivity contribution in [3.05, 3.63) is 74.8 Å². The number of non-ortho nitro benzene ring substituents is 1. The number of rotatable bonds is 12. The fourth-order valence-electron chi connectivity index (χ4n) is 3.22. The number of hydrogen-bond donors (Lipinski definition) is 1. The second kappa shape index (κ2) is 13.2. The van der Waals surface area contributed by atoms with E-state index in [2.05, 4.69) is 5.32 Å². The van der Waals surface area contributed by atoms with Crippen LogP contribution < -0.4 is 5.32 Å². The van der Waals surface area contributed by atoms with Crippen LogP contribution in [-0.2, 0) is 21.9 Å². The highest BCUT2D eigenvalue weighted by molar-refractivity contribution is 7.99. The number of nitrogens with zero attached hydrogens (tertiary/aromatic N) is 2. The fraction of sp³-hybridized carbons (Fsp3) is 0.417. The van der Waals surface area contributed by atoms with Gasteiger partial charge in [-0.1, -0.05) is 55.8 Å². The Bertz CT molecular complexity index is 955. The summed E-state index contributed by atoms with van der Waals surface area (Å²) in [6.07, 6.45) is 1.28. The van der Waals surface area contributed by atoms with E-state index in [1.807, 2.05) is 39.0 Å². The number of carbonyl (C=O) groups excluding carboxylic acids is 2. The van der Waals surface area contributed by atoms with Gasteiger partial charge in [0.05, 0.1) is 10.7 Å². The third-order valence-electron chi connectivity index (χ3n) is 5.33. The van der Waals surface area contributed by atoms with Crippen LogP contribution in [-0.4, -0.2) is 39.5 Å². The van der Waals surface area contributed by atoms with Gasteiger partial charge in [0.1, 0.15) is 6.04 Å². The van der Waals surface area contributed by atoms with Crippen LogP contribution in [0, 0.1) is 10.1 Å². The molecule has 0 aliphatic rings. The van der Waals surface area contributed by atoms with Crippen molar-refractivity contribution in [2.75, 3.05) is 5.75 Å². The molecule has 2 aromatic carbocycles. The normalized spacial score (nSPS) is 12.6. The van der Waals surface area contributed by atoms with Crippen molar-refractivity contribution in [2.45, 2.75) is 58.0 Å². The van der Waals surface area contributed by atoms with Crippen LogP contribution in [0.2, 0.25) is 5.02 Å². The van der Waals surface area contributed by atoms with E-state index in [0.717, 1.165) is 17.5 Å². The predicted octanol–water partition coefficient (Wildman–Crippen LogP) is 5.20. The van der Waals surface area contributed by atoms with Gasteiger partial charge in [0, 0.05) is 35.5 Å². The molecular formula is C24H30ClN3O4S. The summed E-state index contributed by atoms with van der Waals surface area (Å²) in [6, 6.07) is 13.0. The van der Waals surface area contributed by atoms with Crippen LogP contribution in [0.3, 0.4) is 0 Å². The van der Waals surface area contributed by atoms with Crippen molar-refractivity contribution in [1.29, 1.82) is 0 Å². The Kier molecular flexibility index (Phi) is 10.7. The van der Waals surface area contributed by atoms with Gasteiger partial charge in [-0.25, -0.2) is 0 Å². The summed E-state index contributed by atoms with van der Waals surface area (Å²) >= 11 is 7.74. The van der Waals surface area contributed by atoms with Gasteiger partial charge in [-0.2, -0.15) is 0 Å². The van der Waals surface area contributed by atoms with Gasteiger partial charge in [0.25, 0.3) is 5.69 Å². The number of nitro groups is 1. The molecule has 0 fully saturated rings. The summed E-state index contributed by atoms with van der Waals surface area (Å²) in [5.41, 5.74) is 1.70. The number of amides is 2. The molecule has 0 bridgehead atoms. The number of nitrogens with one attached hydrogen (secondary N) is 1. The van der Waals surface area contributed by atoms with Crippen molar-refractivity contribution in [3.8, 4) is 0 Å². The highest BCUT2D eigenvalue weighted by Crippen LogP contribution is 2.22. The van der Waals surface area contributed by atoms with E-state index in [-0.39, 0.29) is 35.8 Å². The van der Waals surface area contributed by atoms with Crippen molar-refractivity contribution >= 4 is 40.9 Å². The molecule has 2 atom stereocenters. The number of thioether (sulfide) groups is 1. The topological polar surface area (TPSA) is 92.6 Å². The van der Waals surface area contributed by atoms with Gasteiger partial charge >= 0.3 is 0 Å². The summed E-state index contributed by atoms with van der Waals surface area (Å²) in [7, 11) is 0. The monoisotopic (exact) mass is 491 g/mol. The minimum absolute atomic E-state index is 0.0142. The van der Waals surface area contributed by atoms with Gasteiger partial charge in [-0.05, 0) is 37.0 Å². The molecule has 0 aliphatic carbocycles. The van der Waals surface area contributed by atoms with Crippen molar-refractivity contribution in [2.24, 2.45) is 0 Å². The first-order valence-electron chi connectivity index (χ1n) is 10.9. The lowest BCUT2D eigenvalue weighted by atomic mass is 10.1. The number of halogens is 1. The molecule has 9 heteroatoms. The molecule has 33 heavy (non-hydrogen) atoms. The van der Waals surface area contributed by atoms with Crippen LogP contribution in [0.5, 0.6) is 0 Å². The quantitative estimate of drug-likeness (QED) is 0.325. The molecule has 178 valence electrons. The highest BCUT2D eigenvalue weighted by Gasteiger charge is 2.29. The standard InChI is InChI=1S/C24H30ClN3O4S/c1-4-17(3)26-24(30)22(5-2)27(14-19-8-6-7-9-21(19)25)23(29)16-33-15-18-10-12-20(13-11-18)28(31)32/h6-13,17,22H,4-5,14-16H2,1-3H3,(H,26,30)/t17-,22-/m0/s1. The first-order valence-corrected chi connectivity index (χ1v) is 12.4. The molecule has 0 heterocycles. The molecule has 0 saturated carbocycles. The highest BCUT2D eigenvalue weighted by atomic mass is 35.5. The maximum absolute atomic E-state index is 13.2. The zero-order chi connectivity index (χ0) is 24.4. The van der Waals surface area contributed by atoms with Crippen molar-refractivity contribution < 1.29 is 14.5 Å². The van der Waals surface area contributed by atoms with E-state index in [0.29, 0.717) is 17.2 Å². The Morgan fingerprint density at radius 1 is 1.12 bits per heavy atom. The average Bonchev–Trinajstić information content (AvgIpc) is 2.80. The Morgan fingerprint density at radius 2 is 1.79 bits per heavy atom. The van der Waals surface area contributed by atoms with E-state index >= 15 is 0 Å². The molecular weight excluding hydrogens is 462 g/mol. The molecule has 2 aromatic rings. The summed E-state index contributed by atoms with van der Waals surface area (Å²) in [5.74, 6) is 0.370. The molecule has 0 spiro atoms. The Balaban J connectivity index is 2.13. The Hall–Kier alpha value is -2.58. The summed E-state index contributed by atoms with van der Waals surface area (Å²) in [5, 5.41) is 14.3. The zero-order valence-corrected chi connectivity index (χ0v) is 20.7. The van der Waals surface area contributed by atoms with E-state index in [9.17, 15) is 19.7 Å². The summed E-state index contributed by atoms with van der Waals surface area (Å²) in [6.45, 7) is 6.05. The third-order valence-corrected chi connectivity index (χ3v) is 6.68. The van der Waals surface area contributed by atoms with Gasteiger partial charge in [0.2, 0.25) is 11.8 Å². The first kappa shape index (κ1) is 26.7. The maximum Gasteiger partial charge on any atom is 0.269 e. The van der Waals surface area contributed by atoms with Crippen LogP contribution in [0.1, 0.15) is 44.7 Å². The molecule has 1 N–H and O–H groups in total. The van der Waals surface area contributed by atoms with Crippen LogP contribution >= 0.6 is 23.4 Å². The van der Waals surface area contributed by atoms with E-state index in [4.69, 9.17) is 11.6 Å². The minimum atomic E-state index is -0.609. The van der Waals surface area contributed by atoms with E-state index in [1.165, 1.54) is 23.9 Å². The van der Waals surface area contributed by atoms with Gasteiger partial charge in [-0.15, -0.1) is 11.8 Å². The Labute approximate surface area is 204 Å². The van der Waals surface area contributed by atoms with E-state index < -0.39 is 11.0 Å². The lowest BCUT2D eigenvalue weighted by Crippen LogP contribution is -2.51. The van der Waals surface area contributed by atoms with Gasteiger partial charge in [-0.3, -0.25) is 19.7 Å². The zero-order valence-electron chi connectivity index (χ0n) is 19.1. The fourth-order valence-corrected chi connectivity index (χ4v) is 4.29. The van der Waals surface area contributed by atoms with Crippen LogP contribution in [0.4, 0.5) is 5.69 Å². The first-order chi connectivity index (χ1) is 15.8. The maximum atomic E-state index is 13.2. The largest absolute Gasteiger partial charge is 0.352 e. The number of hydrogen-bond acceptors (Lipinski definition) is 5. The van der Waals surface area contributed by atoms with Gasteiger partial charge in [0.15, 0.2) is 0 Å². The molecule has 0 unspecified atom stereocenters. The predicted molar refractivity (Wildman–Crippen MR) is 133 cm³/mol. The molecule has 0 aromatic heterocycles. The van der Waals surface area contributed by atoms with Gasteiger partial charge < -0.3 is 10.2 Å². The molecule has 0 aliphatic heterocycles. The number of nitro benzene ring substituents is 1. The smallest absolute Gasteiger partial charge is 0.269 e. The lowest BCUT2D eigenvalue weighted by Gasteiger charge is -2.31. The van der Waals surface area contributed by atoms with Crippen LogP contribution in [0.15, 0.2) is 48.5 Å². The Morgan fingerprint density at radius 3 is 2.36 bits per heavy atom. The third kappa shape index (κ3) is 8.05.